The standard InChI is InChI=1S/C15H24O/c1-14(2)10-9-12-15(3)11-7-5-4-6-8-13-16/h10-11,16H,5,7-9,12-13H2,1-3H3. The van der Waals surface area contributed by atoms with Crippen LogP contribution in [0.5, 0.6) is 0 Å². The third-order valence-electron chi connectivity index (χ3n) is 2.22. The van der Waals surface area contributed by atoms with Gasteiger partial charge in [0.15, 0.2) is 0 Å². The van der Waals surface area contributed by atoms with Gasteiger partial charge in [-0.3, -0.25) is 0 Å². The number of hydrogen-bond donors (Lipinski definition) is 1. The van der Waals surface area contributed by atoms with Crippen molar-refractivity contribution >= 4 is 0 Å². The summed E-state index contributed by atoms with van der Waals surface area (Å²) in [7, 11) is 0. The molecule has 1 N–H and O–H groups in total. The molecule has 0 atom stereocenters. The molecule has 0 aliphatic heterocycles. The minimum atomic E-state index is 0.171. The lowest BCUT2D eigenvalue weighted by Crippen LogP contribution is -1.78. The molecule has 0 rings (SSSR count). The summed E-state index contributed by atoms with van der Waals surface area (Å²) in [4.78, 5) is 0. The van der Waals surface area contributed by atoms with E-state index in [4.69, 9.17) is 5.11 Å². The van der Waals surface area contributed by atoms with Crippen molar-refractivity contribution in [3.63, 3.8) is 0 Å². The van der Waals surface area contributed by atoms with Crippen molar-refractivity contribution in [2.45, 2.75) is 52.9 Å². The Bertz CT molecular complexity index is 282. The fraction of sp³-hybridized carbons (Fsp3) is 0.600. The smallest absolute Gasteiger partial charge is 0.0540 e. The van der Waals surface area contributed by atoms with E-state index in [1.165, 1.54) is 11.1 Å². The minimum absolute atomic E-state index is 0.171. The molecule has 0 aliphatic carbocycles. The first kappa shape index (κ1) is 15.0. The maximum absolute atomic E-state index is 8.53. The molecule has 0 saturated heterocycles. The summed E-state index contributed by atoms with van der Waals surface area (Å²) in [5, 5.41) is 8.53. The first-order valence-corrected chi connectivity index (χ1v) is 6.02. The fourth-order valence-electron chi connectivity index (χ4n) is 1.31. The van der Waals surface area contributed by atoms with Crippen LogP contribution in [0.25, 0.3) is 0 Å². The van der Waals surface area contributed by atoms with Crippen LogP contribution in [0.3, 0.4) is 0 Å². The average Bonchev–Trinajstić information content (AvgIpc) is 2.22. The molecule has 1 heteroatoms. The van der Waals surface area contributed by atoms with Crippen LogP contribution in [0, 0.1) is 11.8 Å². The van der Waals surface area contributed by atoms with Crippen LogP contribution in [-0.2, 0) is 0 Å². The number of hydrogen-bond acceptors (Lipinski definition) is 1. The van der Waals surface area contributed by atoms with Crippen LogP contribution < -0.4 is 0 Å². The molecule has 0 saturated carbocycles. The van der Waals surface area contributed by atoms with Crippen LogP contribution in [0.2, 0.25) is 0 Å². The van der Waals surface area contributed by atoms with Crippen molar-refractivity contribution in [2.75, 3.05) is 6.61 Å². The SMILES string of the molecule is CC(C)=CCCC(C)=CCCC#CCCO. The summed E-state index contributed by atoms with van der Waals surface area (Å²) in [6, 6.07) is 0. The Morgan fingerprint density at radius 1 is 1.00 bits per heavy atom. The highest BCUT2D eigenvalue weighted by Crippen LogP contribution is 2.08. The van der Waals surface area contributed by atoms with Crippen LogP contribution in [0.4, 0.5) is 0 Å². The zero-order valence-electron chi connectivity index (χ0n) is 10.8. The molecule has 0 aromatic carbocycles. The van der Waals surface area contributed by atoms with Gasteiger partial charge in [-0.2, -0.15) is 0 Å². The average molecular weight is 220 g/mol. The minimum Gasteiger partial charge on any atom is -0.395 e. The van der Waals surface area contributed by atoms with Gasteiger partial charge in [0.1, 0.15) is 0 Å². The number of aliphatic hydroxyl groups is 1. The number of aliphatic hydroxyl groups excluding tert-OH is 1. The van der Waals surface area contributed by atoms with Crippen LogP contribution in [0.15, 0.2) is 23.3 Å². The van der Waals surface area contributed by atoms with Gasteiger partial charge in [-0.15, -0.1) is 11.8 Å². The van der Waals surface area contributed by atoms with Gasteiger partial charge in [-0.1, -0.05) is 23.3 Å². The predicted octanol–water partition coefficient (Wildman–Crippen LogP) is 3.85. The maximum Gasteiger partial charge on any atom is 0.0540 e. The lowest BCUT2D eigenvalue weighted by molar-refractivity contribution is 0.305. The second-order valence-electron chi connectivity index (χ2n) is 4.24. The predicted molar refractivity (Wildman–Crippen MR) is 71.1 cm³/mol. The number of allylic oxidation sites excluding steroid dienone is 4. The van der Waals surface area contributed by atoms with Crippen molar-refractivity contribution in [3.05, 3.63) is 23.3 Å². The Balaban J connectivity index is 3.64. The summed E-state index contributed by atoms with van der Waals surface area (Å²) in [5.41, 5.74) is 2.84. The monoisotopic (exact) mass is 220 g/mol. The summed E-state index contributed by atoms with van der Waals surface area (Å²) in [5.74, 6) is 5.98. The van der Waals surface area contributed by atoms with Gasteiger partial charge in [0, 0.05) is 12.8 Å². The summed E-state index contributed by atoms with van der Waals surface area (Å²) >= 11 is 0. The molecule has 90 valence electrons. The van der Waals surface area contributed by atoms with Crippen molar-refractivity contribution in [1.29, 1.82) is 0 Å². The van der Waals surface area contributed by atoms with Crippen molar-refractivity contribution in [1.82, 2.24) is 0 Å². The summed E-state index contributed by atoms with van der Waals surface area (Å²) in [6.45, 7) is 6.62. The van der Waals surface area contributed by atoms with E-state index in [1.54, 1.807) is 0 Å². The van der Waals surface area contributed by atoms with Crippen LogP contribution >= 0.6 is 0 Å². The summed E-state index contributed by atoms with van der Waals surface area (Å²) in [6.07, 6.45) is 9.36. The lowest BCUT2D eigenvalue weighted by Gasteiger charge is -1.97. The van der Waals surface area contributed by atoms with E-state index >= 15 is 0 Å². The Labute approximate surface area is 100 Å². The van der Waals surface area contributed by atoms with E-state index in [1.807, 2.05) is 0 Å². The van der Waals surface area contributed by atoms with Crippen LogP contribution in [-0.4, -0.2) is 11.7 Å². The summed E-state index contributed by atoms with van der Waals surface area (Å²) < 4.78 is 0. The van der Waals surface area contributed by atoms with E-state index in [-0.39, 0.29) is 6.61 Å². The molecule has 0 heterocycles. The van der Waals surface area contributed by atoms with E-state index in [2.05, 4.69) is 44.8 Å². The molecular formula is C15H24O. The second-order valence-corrected chi connectivity index (χ2v) is 4.24. The van der Waals surface area contributed by atoms with Gasteiger partial charge in [0.25, 0.3) is 0 Å². The van der Waals surface area contributed by atoms with Crippen LogP contribution in [0.1, 0.15) is 52.9 Å². The van der Waals surface area contributed by atoms with Gasteiger partial charge in [0.05, 0.1) is 6.61 Å². The van der Waals surface area contributed by atoms with Gasteiger partial charge in [-0.25, -0.2) is 0 Å². The molecule has 16 heavy (non-hydrogen) atoms. The number of rotatable bonds is 6. The molecule has 0 aliphatic rings. The normalized spacial score (nSPS) is 10.6. The lowest BCUT2D eigenvalue weighted by atomic mass is 10.1. The fourth-order valence-corrected chi connectivity index (χ4v) is 1.31. The van der Waals surface area contributed by atoms with Gasteiger partial charge in [0.2, 0.25) is 0 Å². The van der Waals surface area contributed by atoms with E-state index in [9.17, 15) is 0 Å². The first-order chi connectivity index (χ1) is 7.66. The van der Waals surface area contributed by atoms with E-state index < -0.39 is 0 Å². The first-order valence-electron chi connectivity index (χ1n) is 6.02. The maximum atomic E-state index is 8.53. The molecule has 0 unspecified atom stereocenters. The van der Waals surface area contributed by atoms with Gasteiger partial charge in [-0.05, 0) is 40.0 Å². The Morgan fingerprint density at radius 2 is 1.69 bits per heavy atom. The Morgan fingerprint density at radius 3 is 2.31 bits per heavy atom. The third kappa shape index (κ3) is 11.1. The molecule has 0 bridgehead atoms. The van der Waals surface area contributed by atoms with Crippen molar-refractivity contribution in [2.24, 2.45) is 0 Å². The molecule has 0 spiro atoms. The largest absolute Gasteiger partial charge is 0.395 e. The number of unbranched alkanes of at least 4 members (excludes halogenated alkanes) is 1. The highest BCUT2D eigenvalue weighted by molar-refractivity contribution is 5.05. The highest BCUT2D eigenvalue weighted by Gasteiger charge is 1.88. The Hall–Kier alpha value is -1.00. The molecule has 0 radical (unpaired) electrons. The quantitative estimate of drug-likeness (QED) is 0.409. The third-order valence-corrected chi connectivity index (χ3v) is 2.22. The van der Waals surface area contributed by atoms with Crippen molar-refractivity contribution in [3.8, 4) is 11.8 Å². The molecular weight excluding hydrogens is 196 g/mol. The molecule has 0 amide bonds. The van der Waals surface area contributed by atoms with Gasteiger partial charge < -0.3 is 5.11 Å². The van der Waals surface area contributed by atoms with E-state index in [0.717, 1.165) is 25.7 Å². The Kier molecular flexibility index (Phi) is 9.86. The second kappa shape index (κ2) is 10.5. The highest BCUT2D eigenvalue weighted by atomic mass is 16.2. The molecule has 0 aromatic rings. The van der Waals surface area contributed by atoms with E-state index in [0.29, 0.717) is 6.42 Å². The zero-order valence-corrected chi connectivity index (χ0v) is 10.8. The molecule has 1 nitrogen and oxygen atoms in total. The molecule has 0 aromatic heterocycles. The van der Waals surface area contributed by atoms with Gasteiger partial charge >= 0.3 is 0 Å². The van der Waals surface area contributed by atoms with Crippen molar-refractivity contribution < 1.29 is 5.11 Å². The zero-order chi connectivity index (χ0) is 12.2. The molecule has 0 fully saturated rings. The topological polar surface area (TPSA) is 20.2 Å².